The van der Waals surface area contributed by atoms with E-state index in [1.54, 1.807) is 0 Å². The maximum atomic E-state index is 14.2. The average Bonchev–Trinajstić information content (AvgIpc) is 3.37. The molecule has 6 rings (SSSR count). The van der Waals surface area contributed by atoms with Crippen molar-refractivity contribution in [2.75, 3.05) is 24.6 Å². The third-order valence-corrected chi connectivity index (χ3v) is 9.56. The average molecular weight is 630 g/mol. The van der Waals surface area contributed by atoms with Gasteiger partial charge in [0.2, 0.25) is 0 Å². The summed E-state index contributed by atoms with van der Waals surface area (Å²) in [4.78, 5) is 16.6. The topological polar surface area (TPSA) is 55.7 Å². The summed E-state index contributed by atoms with van der Waals surface area (Å²) in [5.41, 5.74) is 7.01. The Morgan fingerprint density at radius 2 is 1.72 bits per heavy atom. The second kappa shape index (κ2) is 14.0. The molecule has 0 spiro atoms. The number of esters is 1. The Hall–Kier alpha value is -4.71. The molecule has 0 amide bonds. The summed E-state index contributed by atoms with van der Waals surface area (Å²) in [5, 5.41) is 4.52. The van der Waals surface area contributed by atoms with Crippen molar-refractivity contribution in [3.05, 3.63) is 125 Å². The number of hydrogen-bond donors (Lipinski definition) is 1. The summed E-state index contributed by atoms with van der Waals surface area (Å²) in [6.07, 6.45) is 14.8. The minimum absolute atomic E-state index is 0.340. The summed E-state index contributed by atoms with van der Waals surface area (Å²) in [7, 11) is 0. The third-order valence-electron chi connectivity index (χ3n) is 9.56. The van der Waals surface area contributed by atoms with Gasteiger partial charge in [-0.3, -0.25) is 0 Å². The van der Waals surface area contributed by atoms with Crippen molar-refractivity contribution in [1.82, 2.24) is 9.88 Å². The lowest BCUT2D eigenvalue weighted by Gasteiger charge is -2.34. The normalized spacial score (nSPS) is 16.9. The van der Waals surface area contributed by atoms with E-state index in [4.69, 9.17) is 9.47 Å². The molecule has 3 aromatic carbocycles. The van der Waals surface area contributed by atoms with Crippen molar-refractivity contribution in [3.63, 3.8) is 0 Å². The SMILES string of the molecule is CCCCCCN(CC)c1ccc(C2(c3c(C)n(CC)c4ccccc34)OC(=O)c3cccc(C4=CC=CC=CN4)c32)c(OCC)c1. The minimum Gasteiger partial charge on any atom is -0.493 e. The van der Waals surface area contributed by atoms with Crippen molar-refractivity contribution in [3.8, 4) is 5.75 Å². The fourth-order valence-electron chi connectivity index (χ4n) is 7.45. The molecule has 0 fully saturated rings. The molecule has 0 aliphatic carbocycles. The number of unbranched alkanes of at least 4 members (excludes halogenated alkanes) is 3. The molecule has 1 unspecified atom stereocenters. The van der Waals surface area contributed by atoms with E-state index < -0.39 is 5.60 Å². The van der Waals surface area contributed by atoms with E-state index in [1.807, 2.05) is 43.5 Å². The first-order valence-corrected chi connectivity index (χ1v) is 17.3. The van der Waals surface area contributed by atoms with Gasteiger partial charge in [0.15, 0.2) is 5.60 Å². The highest BCUT2D eigenvalue weighted by molar-refractivity contribution is 6.01. The van der Waals surface area contributed by atoms with Crippen molar-refractivity contribution in [2.24, 2.45) is 0 Å². The van der Waals surface area contributed by atoms with Gasteiger partial charge < -0.3 is 24.3 Å². The Balaban J connectivity index is 1.67. The zero-order valence-electron chi connectivity index (χ0n) is 28.4. The lowest BCUT2D eigenvalue weighted by Crippen LogP contribution is -2.33. The quantitative estimate of drug-likeness (QED) is 0.118. The smallest absolute Gasteiger partial charge is 0.340 e. The fourth-order valence-corrected chi connectivity index (χ4v) is 7.45. The lowest BCUT2D eigenvalue weighted by molar-refractivity contribution is 0.0245. The first kappa shape index (κ1) is 32.2. The predicted molar refractivity (Wildman–Crippen MR) is 193 cm³/mol. The van der Waals surface area contributed by atoms with Gasteiger partial charge in [0, 0.05) is 82.1 Å². The molecule has 47 heavy (non-hydrogen) atoms. The first-order valence-electron chi connectivity index (χ1n) is 17.3. The predicted octanol–water partition coefficient (Wildman–Crippen LogP) is 9.25. The number of fused-ring (bicyclic) bond motifs is 2. The third kappa shape index (κ3) is 5.64. The molecule has 6 nitrogen and oxygen atoms in total. The van der Waals surface area contributed by atoms with E-state index in [1.165, 1.54) is 19.3 Å². The minimum atomic E-state index is -1.27. The van der Waals surface area contributed by atoms with Crippen LogP contribution in [0.25, 0.3) is 16.6 Å². The summed E-state index contributed by atoms with van der Waals surface area (Å²) in [6.45, 7) is 13.9. The molecule has 244 valence electrons. The Morgan fingerprint density at radius 1 is 0.894 bits per heavy atom. The van der Waals surface area contributed by atoms with Crippen molar-refractivity contribution < 1.29 is 14.3 Å². The maximum absolute atomic E-state index is 14.2. The number of allylic oxidation sites excluding steroid dienone is 4. The number of para-hydroxylation sites is 1. The van der Waals surface area contributed by atoms with Crippen LogP contribution in [-0.2, 0) is 16.9 Å². The van der Waals surface area contributed by atoms with E-state index >= 15 is 0 Å². The molecule has 1 N–H and O–H groups in total. The lowest BCUT2D eigenvalue weighted by atomic mass is 9.75. The molecule has 2 aliphatic heterocycles. The Bertz CT molecular complexity index is 1860. The Labute approximate surface area is 279 Å². The van der Waals surface area contributed by atoms with Gasteiger partial charge in [0.25, 0.3) is 0 Å². The molecule has 4 aromatic rings. The van der Waals surface area contributed by atoms with Crippen molar-refractivity contribution >= 4 is 28.3 Å². The maximum Gasteiger partial charge on any atom is 0.340 e. The molecule has 0 saturated heterocycles. The molecule has 6 heteroatoms. The number of ether oxygens (including phenoxy) is 2. The molecule has 1 atom stereocenters. The van der Waals surface area contributed by atoms with Gasteiger partial charge >= 0.3 is 5.97 Å². The summed E-state index contributed by atoms with van der Waals surface area (Å²) >= 11 is 0. The number of aromatic nitrogens is 1. The molecule has 0 radical (unpaired) electrons. The molecular formula is C41H47N3O3. The van der Waals surface area contributed by atoms with Gasteiger partial charge in [0.05, 0.1) is 12.2 Å². The Kier molecular flexibility index (Phi) is 9.58. The monoisotopic (exact) mass is 629 g/mol. The number of carbonyl (C=O) groups is 1. The van der Waals surface area contributed by atoms with Gasteiger partial charge in [0.1, 0.15) is 5.75 Å². The largest absolute Gasteiger partial charge is 0.493 e. The van der Waals surface area contributed by atoms with Crippen molar-refractivity contribution in [2.45, 2.75) is 72.4 Å². The van der Waals surface area contributed by atoms with Gasteiger partial charge in [-0.1, -0.05) is 68.7 Å². The standard InChI is InChI=1S/C41H47N3O3/c1-6-10-11-17-27-43(7-2)30-24-25-34(37(28-30)46-9-4)41(38-29(5)44(8-3)36-23-15-14-19-32(36)38)39-31(35-22-13-12-16-26-42-35)20-18-21-33(39)40(45)47-41/h12-16,18-26,28,42H,6-11,17,27H2,1-5H3. The second-order valence-electron chi connectivity index (χ2n) is 12.2. The summed E-state index contributed by atoms with van der Waals surface area (Å²) in [5.74, 6) is 0.385. The number of rotatable bonds is 13. The number of hydrogen-bond acceptors (Lipinski definition) is 5. The van der Waals surface area contributed by atoms with E-state index in [9.17, 15) is 4.79 Å². The fraction of sp³-hybridized carbons (Fsp3) is 0.341. The number of nitrogens with one attached hydrogen (secondary N) is 1. The van der Waals surface area contributed by atoms with Gasteiger partial charge in [-0.05, 0) is 70.5 Å². The number of benzene rings is 3. The first-order chi connectivity index (χ1) is 23.0. The van der Waals surface area contributed by atoms with Crippen LogP contribution in [-0.4, -0.2) is 30.2 Å². The van der Waals surface area contributed by atoms with Crippen LogP contribution in [0.1, 0.15) is 91.7 Å². The molecule has 1 aromatic heterocycles. The second-order valence-corrected chi connectivity index (χ2v) is 12.2. The van der Waals surface area contributed by atoms with Crippen LogP contribution in [0.15, 0.2) is 91.2 Å². The molecule has 3 heterocycles. The van der Waals surface area contributed by atoms with Crippen LogP contribution < -0.4 is 15.0 Å². The van der Waals surface area contributed by atoms with E-state index in [2.05, 4.69) is 97.1 Å². The van der Waals surface area contributed by atoms with E-state index in [0.717, 1.165) is 82.0 Å². The zero-order chi connectivity index (χ0) is 33.0. The number of aryl methyl sites for hydroxylation is 1. The van der Waals surface area contributed by atoms with Gasteiger partial charge in [-0.25, -0.2) is 4.79 Å². The molecule has 2 aliphatic rings. The van der Waals surface area contributed by atoms with E-state index in [-0.39, 0.29) is 5.97 Å². The molecular weight excluding hydrogens is 582 g/mol. The highest BCUT2D eigenvalue weighted by atomic mass is 16.6. The number of nitrogens with zero attached hydrogens (tertiary/aromatic N) is 2. The summed E-state index contributed by atoms with van der Waals surface area (Å²) < 4.78 is 15.7. The van der Waals surface area contributed by atoms with Crippen LogP contribution in [0.5, 0.6) is 5.75 Å². The molecule has 0 bridgehead atoms. The number of anilines is 1. The number of carbonyl (C=O) groups excluding carboxylic acids is 1. The van der Waals surface area contributed by atoms with Crippen LogP contribution in [0, 0.1) is 6.92 Å². The van der Waals surface area contributed by atoms with Crippen LogP contribution in [0.3, 0.4) is 0 Å². The van der Waals surface area contributed by atoms with Crippen LogP contribution in [0.4, 0.5) is 5.69 Å². The van der Waals surface area contributed by atoms with Crippen LogP contribution >= 0.6 is 0 Å². The highest BCUT2D eigenvalue weighted by Gasteiger charge is 2.54. The van der Waals surface area contributed by atoms with Crippen LogP contribution in [0.2, 0.25) is 0 Å². The number of cyclic esters (lactones) is 1. The van der Waals surface area contributed by atoms with Gasteiger partial charge in [-0.2, -0.15) is 0 Å². The zero-order valence-corrected chi connectivity index (χ0v) is 28.4. The van der Waals surface area contributed by atoms with Gasteiger partial charge in [-0.15, -0.1) is 0 Å². The Morgan fingerprint density at radius 3 is 2.51 bits per heavy atom. The summed E-state index contributed by atoms with van der Waals surface area (Å²) in [6, 6.07) is 20.8. The van der Waals surface area contributed by atoms with E-state index in [0.29, 0.717) is 12.2 Å². The highest BCUT2D eigenvalue weighted by Crippen LogP contribution is 2.55. The molecule has 0 saturated carbocycles. The van der Waals surface area contributed by atoms with Crippen molar-refractivity contribution in [1.29, 1.82) is 0 Å².